The zero-order chi connectivity index (χ0) is 29.1. The summed E-state index contributed by atoms with van der Waals surface area (Å²) in [6, 6.07) is -0.880. The van der Waals surface area contributed by atoms with E-state index in [1.807, 2.05) is 0 Å². The molecule has 2 aliphatic carbocycles. The van der Waals surface area contributed by atoms with Gasteiger partial charge in [-0.3, -0.25) is 14.5 Å². The Bertz CT molecular complexity index is 1310. The predicted octanol–water partition coefficient (Wildman–Crippen LogP) is 4.87. The fraction of sp³-hybridized carbons (Fsp3) is 0.618. The average molecular weight is 559 g/mol. The van der Waals surface area contributed by atoms with Gasteiger partial charge in [-0.15, -0.1) is 5.92 Å². The van der Waals surface area contributed by atoms with E-state index in [1.54, 1.807) is 13.0 Å². The van der Waals surface area contributed by atoms with Crippen LogP contribution in [0.15, 0.2) is 29.9 Å². The fourth-order valence-electron chi connectivity index (χ4n) is 7.33. The first-order valence-electron chi connectivity index (χ1n) is 15.5. The zero-order valence-electron chi connectivity index (χ0n) is 25.2. The fourth-order valence-corrected chi connectivity index (χ4v) is 7.33. The number of carbonyl (C=O) groups excluding carboxylic acids is 2. The van der Waals surface area contributed by atoms with Crippen LogP contribution in [0.1, 0.15) is 88.6 Å². The highest BCUT2D eigenvalue weighted by Gasteiger charge is 2.49. The van der Waals surface area contributed by atoms with Crippen LogP contribution in [0.25, 0.3) is 5.70 Å². The summed E-state index contributed by atoms with van der Waals surface area (Å²) in [5.74, 6) is 6.23. The van der Waals surface area contributed by atoms with E-state index in [0.29, 0.717) is 25.2 Å². The minimum Gasteiger partial charge on any atom is -0.390 e. The summed E-state index contributed by atoms with van der Waals surface area (Å²) in [7, 11) is 0. The standard InChI is InChI=1S/C34H46N4O3/c1-5-6-15-27-21-30(39)31(32(40)26-13-8-7-9-14-26)35-33(41)34(27)17-19-37(20-18-34)22-28-24(3)36-38(25(28)4)29-16-11-10-12-23(29)2/h10-11,16,21,23,26,31-32,40H,7-9,12-15,17-20,22H2,1-4H3,(H,35,41)/t23?,31-,32+/m1/s1. The van der Waals surface area contributed by atoms with Crippen LogP contribution in [-0.2, 0) is 16.1 Å². The van der Waals surface area contributed by atoms with Gasteiger partial charge in [-0.1, -0.05) is 44.3 Å². The Kier molecular flexibility index (Phi) is 9.01. The molecule has 0 radical (unpaired) electrons. The first-order valence-corrected chi connectivity index (χ1v) is 15.5. The van der Waals surface area contributed by atoms with Crippen LogP contribution in [0.2, 0.25) is 0 Å². The largest absolute Gasteiger partial charge is 0.390 e. The number of likely N-dealkylation sites (tertiary alicyclic amines) is 1. The molecular weight excluding hydrogens is 512 g/mol. The lowest BCUT2D eigenvalue weighted by molar-refractivity contribution is -0.135. The molecule has 1 unspecified atom stereocenters. The predicted molar refractivity (Wildman–Crippen MR) is 162 cm³/mol. The Morgan fingerprint density at radius 2 is 1.90 bits per heavy atom. The molecular formula is C34H46N4O3. The topological polar surface area (TPSA) is 87.5 Å². The van der Waals surface area contributed by atoms with Crippen molar-refractivity contribution in [3.05, 3.63) is 46.8 Å². The zero-order valence-corrected chi connectivity index (χ0v) is 25.2. The molecule has 4 aliphatic rings. The van der Waals surface area contributed by atoms with Gasteiger partial charge in [-0.05, 0) is 89.6 Å². The third-order valence-corrected chi connectivity index (χ3v) is 10.1. The number of hydrogen-bond donors (Lipinski definition) is 2. The number of nitrogens with zero attached hydrogens (tertiary/aromatic N) is 3. The second kappa shape index (κ2) is 12.5. The quantitative estimate of drug-likeness (QED) is 0.487. The van der Waals surface area contributed by atoms with Gasteiger partial charge in [-0.2, -0.15) is 5.10 Å². The number of ketones is 1. The average Bonchev–Trinajstić information content (AvgIpc) is 3.21. The first-order chi connectivity index (χ1) is 19.7. The number of aromatic nitrogens is 2. The first kappa shape index (κ1) is 29.5. The third kappa shape index (κ3) is 5.87. The molecule has 7 heteroatoms. The summed E-state index contributed by atoms with van der Waals surface area (Å²) in [5, 5.41) is 19.2. The van der Waals surface area contributed by atoms with Crippen LogP contribution >= 0.6 is 0 Å². The van der Waals surface area contributed by atoms with Crippen molar-refractivity contribution >= 4 is 17.4 Å². The highest BCUT2D eigenvalue weighted by molar-refractivity contribution is 6.02. The lowest BCUT2D eigenvalue weighted by Gasteiger charge is -2.42. The van der Waals surface area contributed by atoms with Crippen molar-refractivity contribution in [2.75, 3.05) is 13.1 Å². The highest BCUT2D eigenvalue weighted by Crippen LogP contribution is 2.43. The molecule has 0 bridgehead atoms. The van der Waals surface area contributed by atoms with Gasteiger partial charge < -0.3 is 10.4 Å². The lowest BCUT2D eigenvalue weighted by Crippen LogP contribution is -2.55. The Morgan fingerprint density at radius 1 is 1.17 bits per heavy atom. The molecule has 41 heavy (non-hydrogen) atoms. The van der Waals surface area contributed by atoms with Gasteiger partial charge in [0.2, 0.25) is 5.91 Å². The molecule has 1 amide bonds. The molecule has 3 atom stereocenters. The maximum atomic E-state index is 14.0. The number of aliphatic hydroxyl groups is 1. The molecule has 7 nitrogen and oxygen atoms in total. The van der Waals surface area contributed by atoms with Crippen LogP contribution in [0.4, 0.5) is 0 Å². The van der Waals surface area contributed by atoms with E-state index in [-0.39, 0.29) is 17.6 Å². The number of piperidine rings is 1. The van der Waals surface area contributed by atoms with E-state index in [1.165, 1.54) is 23.4 Å². The highest BCUT2D eigenvalue weighted by atomic mass is 16.3. The molecule has 2 aliphatic heterocycles. The van der Waals surface area contributed by atoms with Gasteiger partial charge in [0.15, 0.2) is 5.78 Å². The normalized spacial score (nSPS) is 26.1. The third-order valence-electron chi connectivity index (χ3n) is 10.1. The van der Waals surface area contributed by atoms with Crippen LogP contribution in [-0.4, -0.2) is 56.7 Å². The second-order valence-corrected chi connectivity index (χ2v) is 12.6. The van der Waals surface area contributed by atoms with Crippen molar-refractivity contribution < 1.29 is 14.7 Å². The van der Waals surface area contributed by atoms with Gasteiger partial charge in [0.25, 0.3) is 0 Å². The number of hydrogen-bond acceptors (Lipinski definition) is 5. The molecule has 1 saturated heterocycles. The minimum absolute atomic E-state index is 0.0527. The summed E-state index contributed by atoms with van der Waals surface area (Å²) in [6.07, 6.45) is 15.1. The van der Waals surface area contributed by atoms with Gasteiger partial charge in [0.05, 0.1) is 17.2 Å². The Hall–Kier alpha value is -2.95. The van der Waals surface area contributed by atoms with Gasteiger partial charge in [0, 0.05) is 35.8 Å². The second-order valence-electron chi connectivity index (χ2n) is 12.6. The van der Waals surface area contributed by atoms with Crippen molar-refractivity contribution in [2.24, 2.45) is 17.3 Å². The molecule has 1 saturated carbocycles. The molecule has 1 spiro atoms. The summed E-state index contributed by atoms with van der Waals surface area (Å²) < 4.78 is 2.11. The van der Waals surface area contributed by atoms with E-state index >= 15 is 0 Å². The molecule has 1 aromatic rings. The van der Waals surface area contributed by atoms with E-state index in [9.17, 15) is 14.7 Å². The Balaban J connectivity index is 1.34. The molecule has 5 rings (SSSR count). The SMILES string of the molecule is CC#CCC1=CC(=O)[C@H]([C@@H](O)C2CCCCC2)NC(=O)C12CCN(Cc1c(C)nn(C3=CC=CCC3C)c1C)CC2. The number of amides is 1. The van der Waals surface area contributed by atoms with E-state index in [2.05, 4.69) is 65.7 Å². The summed E-state index contributed by atoms with van der Waals surface area (Å²) >= 11 is 0. The maximum Gasteiger partial charge on any atom is 0.231 e. The molecule has 0 aromatic carbocycles. The van der Waals surface area contributed by atoms with E-state index in [0.717, 1.165) is 63.0 Å². The molecule has 220 valence electrons. The minimum atomic E-state index is -0.880. The molecule has 2 N–H and O–H groups in total. The van der Waals surface area contributed by atoms with Crippen LogP contribution in [0.3, 0.4) is 0 Å². The molecule has 1 aromatic heterocycles. The maximum absolute atomic E-state index is 14.0. The number of aryl methyl sites for hydroxylation is 1. The Morgan fingerprint density at radius 3 is 2.59 bits per heavy atom. The van der Waals surface area contributed by atoms with Crippen molar-refractivity contribution in [2.45, 2.75) is 104 Å². The number of rotatable bonds is 6. The van der Waals surface area contributed by atoms with Crippen molar-refractivity contribution in [3.8, 4) is 11.8 Å². The van der Waals surface area contributed by atoms with E-state index < -0.39 is 17.6 Å². The summed E-state index contributed by atoms with van der Waals surface area (Å²) in [4.78, 5) is 29.8. The number of nitrogens with one attached hydrogen (secondary N) is 1. The van der Waals surface area contributed by atoms with Crippen molar-refractivity contribution in [1.29, 1.82) is 0 Å². The Labute approximate surface area is 245 Å². The number of aliphatic hydroxyl groups excluding tert-OH is 1. The van der Waals surface area contributed by atoms with Gasteiger partial charge >= 0.3 is 0 Å². The monoisotopic (exact) mass is 558 g/mol. The number of allylic oxidation sites excluding steroid dienone is 4. The van der Waals surface area contributed by atoms with Gasteiger partial charge in [-0.25, -0.2) is 4.68 Å². The molecule has 3 heterocycles. The summed E-state index contributed by atoms with van der Waals surface area (Å²) in [5.41, 5.74) is 4.72. The van der Waals surface area contributed by atoms with Crippen LogP contribution < -0.4 is 5.32 Å². The molecule has 2 fully saturated rings. The van der Waals surface area contributed by atoms with Gasteiger partial charge in [0.1, 0.15) is 6.04 Å². The lowest BCUT2D eigenvalue weighted by atomic mass is 9.70. The van der Waals surface area contributed by atoms with Crippen LogP contribution in [0, 0.1) is 42.9 Å². The smallest absolute Gasteiger partial charge is 0.231 e. The van der Waals surface area contributed by atoms with Crippen molar-refractivity contribution in [3.63, 3.8) is 0 Å². The summed E-state index contributed by atoms with van der Waals surface area (Å²) in [6.45, 7) is 10.5. The number of carbonyl (C=O) groups is 2. The van der Waals surface area contributed by atoms with Crippen molar-refractivity contribution in [1.82, 2.24) is 20.0 Å². The van der Waals surface area contributed by atoms with E-state index in [4.69, 9.17) is 5.10 Å². The van der Waals surface area contributed by atoms with Crippen LogP contribution in [0.5, 0.6) is 0 Å².